The Balaban J connectivity index is 2.19. The lowest BCUT2D eigenvalue weighted by Crippen LogP contribution is -2.14. The predicted octanol–water partition coefficient (Wildman–Crippen LogP) is 3.08. The summed E-state index contributed by atoms with van der Waals surface area (Å²) in [5.41, 5.74) is 0.0659. The highest BCUT2D eigenvalue weighted by molar-refractivity contribution is 8.00. The average molecular weight is 297 g/mol. The lowest BCUT2D eigenvalue weighted by atomic mass is 10.3. The average Bonchev–Trinajstić information content (AvgIpc) is 2.82. The third-order valence-corrected chi connectivity index (χ3v) is 4.61. The number of ether oxygens (including phenoxy) is 1. The van der Waals surface area contributed by atoms with Crippen LogP contribution in [-0.4, -0.2) is 34.4 Å². The van der Waals surface area contributed by atoms with Gasteiger partial charge >= 0.3 is 5.69 Å². The van der Waals surface area contributed by atoms with E-state index < -0.39 is 0 Å². The monoisotopic (exact) mass is 297 g/mol. The van der Waals surface area contributed by atoms with Gasteiger partial charge in [0.2, 0.25) is 0 Å². The minimum absolute atomic E-state index is 0.0659. The van der Waals surface area contributed by atoms with Gasteiger partial charge in [0.05, 0.1) is 11.0 Å². The molecule has 20 heavy (non-hydrogen) atoms. The molecule has 2 unspecified atom stereocenters. The topological polar surface area (TPSA) is 77.3 Å². The van der Waals surface area contributed by atoms with Crippen LogP contribution in [-0.2, 0) is 4.74 Å². The van der Waals surface area contributed by atoms with E-state index in [1.165, 1.54) is 17.8 Å². The standard InChI is InChI=1S/C13H19N3O3S/c1-3-7-14-12-5-4-10(16(17)18)13(15-12)20-11-6-8-19-9(11)2/h4-5,9,11H,3,6-8H2,1-2H3,(H,14,15). The molecule has 1 fully saturated rings. The quantitative estimate of drug-likeness (QED) is 0.642. The smallest absolute Gasteiger partial charge is 0.301 e. The van der Waals surface area contributed by atoms with Gasteiger partial charge in [-0.25, -0.2) is 4.98 Å². The van der Waals surface area contributed by atoms with Crippen LogP contribution in [0.2, 0.25) is 0 Å². The first-order valence-electron chi connectivity index (χ1n) is 6.79. The number of pyridine rings is 1. The van der Waals surface area contributed by atoms with Crippen molar-refractivity contribution in [2.45, 2.75) is 43.1 Å². The summed E-state index contributed by atoms with van der Waals surface area (Å²) in [6.07, 6.45) is 1.99. The van der Waals surface area contributed by atoms with Crippen molar-refractivity contribution in [3.8, 4) is 0 Å². The first-order chi connectivity index (χ1) is 9.61. The van der Waals surface area contributed by atoms with E-state index in [9.17, 15) is 10.1 Å². The number of aromatic nitrogens is 1. The second kappa shape index (κ2) is 6.90. The number of hydrogen-bond donors (Lipinski definition) is 1. The second-order valence-corrected chi connectivity index (χ2v) is 5.95. The van der Waals surface area contributed by atoms with Gasteiger partial charge < -0.3 is 10.1 Å². The van der Waals surface area contributed by atoms with Crippen LogP contribution in [0.1, 0.15) is 26.7 Å². The minimum Gasteiger partial charge on any atom is -0.377 e. The fourth-order valence-corrected chi connectivity index (χ4v) is 3.21. The molecule has 0 aromatic carbocycles. The molecule has 0 aliphatic carbocycles. The Hall–Kier alpha value is -1.34. The molecule has 2 atom stereocenters. The maximum atomic E-state index is 11.1. The second-order valence-electron chi connectivity index (χ2n) is 4.73. The van der Waals surface area contributed by atoms with Gasteiger partial charge in [-0.05, 0) is 25.8 Å². The highest BCUT2D eigenvalue weighted by Crippen LogP contribution is 2.36. The van der Waals surface area contributed by atoms with E-state index >= 15 is 0 Å². The van der Waals surface area contributed by atoms with Crippen molar-refractivity contribution in [2.75, 3.05) is 18.5 Å². The summed E-state index contributed by atoms with van der Waals surface area (Å²) in [6.45, 7) is 5.57. The summed E-state index contributed by atoms with van der Waals surface area (Å²) < 4.78 is 5.50. The Labute approximate surface area is 122 Å². The molecule has 6 nitrogen and oxygen atoms in total. The molecule has 1 aliphatic heterocycles. The Bertz CT molecular complexity index is 484. The van der Waals surface area contributed by atoms with E-state index in [4.69, 9.17) is 4.74 Å². The fourth-order valence-electron chi connectivity index (χ4n) is 2.02. The zero-order chi connectivity index (χ0) is 14.5. The van der Waals surface area contributed by atoms with Crippen LogP contribution in [0, 0.1) is 10.1 Å². The number of rotatable bonds is 6. The van der Waals surface area contributed by atoms with Crippen molar-refractivity contribution in [3.63, 3.8) is 0 Å². The van der Waals surface area contributed by atoms with Gasteiger partial charge in [-0.2, -0.15) is 0 Å². The lowest BCUT2D eigenvalue weighted by molar-refractivity contribution is -0.388. The number of hydrogen-bond acceptors (Lipinski definition) is 6. The molecule has 2 heterocycles. The summed E-state index contributed by atoms with van der Waals surface area (Å²) in [6, 6.07) is 3.18. The molecule has 1 saturated heterocycles. The van der Waals surface area contributed by atoms with E-state index in [1.807, 2.05) is 6.92 Å². The van der Waals surface area contributed by atoms with E-state index in [2.05, 4.69) is 17.2 Å². The molecular weight excluding hydrogens is 278 g/mol. The van der Waals surface area contributed by atoms with Crippen molar-refractivity contribution in [1.82, 2.24) is 4.98 Å². The number of nitro groups is 1. The molecule has 0 spiro atoms. The van der Waals surface area contributed by atoms with E-state index in [0.29, 0.717) is 17.5 Å². The molecule has 1 aliphatic rings. The first kappa shape index (κ1) is 15.1. The molecule has 1 aromatic rings. The van der Waals surface area contributed by atoms with Crippen molar-refractivity contribution in [2.24, 2.45) is 0 Å². The Morgan fingerprint density at radius 2 is 2.40 bits per heavy atom. The van der Waals surface area contributed by atoms with Gasteiger partial charge in [0, 0.05) is 24.5 Å². The molecule has 1 N–H and O–H groups in total. The van der Waals surface area contributed by atoms with Crippen molar-refractivity contribution in [1.29, 1.82) is 0 Å². The van der Waals surface area contributed by atoms with Gasteiger partial charge in [-0.3, -0.25) is 10.1 Å². The van der Waals surface area contributed by atoms with E-state index in [0.717, 1.165) is 19.4 Å². The van der Waals surface area contributed by atoms with Crippen LogP contribution in [0.5, 0.6) is 0 Å². The fraction of sp³-hybridized carbons (Fsp3) is 0.615. The number of thioether (sulfide) groups is 1. The summed E-state index contributed by atoms with van der Waals surface area (Å²) in [4.78, 5) is 15.1. The van der Waals surface area contributed by atoms with Crippen molar-refractivity contribution < 1.29 is 9.66 Å². The van der Waals surface area contributed by atoms with Gasteiger partial charge in [0.1, 0.15) is 5.82 Å². The highest BCUT2D eigenvalue weighted by Gasteiger charge is 2.29. The normalized spacial score (nSPS) is 21.9. The maximum absolute atomic E-state index is 11.1. The largest absolute Gasteiger partial charge is 0.377 e. The zero-order valence-corrected chi connectivity index (χ0v) is 12.5. The van der Waals surface area contributed by atoms with Crippen LogP contribution in [0.25, 0.3) is 0 Å². The molecule has 0 amide bonds. The Kier molecular flexibility index (Phi) is 5.19. The molecule has 2 rings (SSSR count). The van der Waals surface area contributed by atoms with Crippen molar-refractivity contribution >= 4 is 23.3 Å². The van der Waals surface area contributed by atoms with Crippen molar-refractivity contribution in [3.05, 3.63) is 22.2 Å². The predicted molar refractivity (Wildman–Crippen MR) is 79.3 cm³/mol. The van der Waals surface area contributed by atoms with Crippen LogP contribution in [0.3, 0.4) is 0 Å². The summed E-state index contributed by atoms with van der Waals surface area (Å²) in [7, 11) is 0. The molecule has 1 aromatic heterocycles. The van der Waals surface area contributed by atoms with Crippen LogP contribution in [0.4, 0.5) is 11.5 Å². The third-order valence-electron chi connectivity index (χ3n) is 3.16. The lowest BCUT2D eigenvalue weighted by Gasteiger charge is -2.13. The minimum atomic E-state index is -0.376. The van der Waals surface area contributed by atoms with Gasteiger partial charge in [-0.15, -0.1) is 0 Å². The van der Waals surface area contributed by atoms with Crippen LogP contribution >= 0.6 is 11.8 Å². The SMILES string of the molecule is CCCNc1ccc([N+](=O)[O-])c(SC2CCOC2C)n1. The van der Waals surface area contributed by atoms with E-state index in [-0.39, 0.29) is 22.0 Å². The third kappa shape index (κ3) is 3.61. The number of anilines is 1. The maximum Gasteiger partial charge on any atom is 0.301 e. The summed E-state index contributed by atoms with van der Waals surface area (Å²) in [5.74, 6) is 0.687. The highest BCUT2D eigenvalue weighted by atomic mass is 32.2. The molecule has 0 saturated carbocycles. The summed E-state index contributed by atoms with van der Waals surface area (Å²) >= 11 is 1.44. The first-order valence-corrected chi connectivity index (χ1v) is 7.67. The van der Waals surface area contributed by atoms with Gasteiger partial charge in [0.15, 0.2) is 5.03 Å². The Morgan fingerprint density at radius 1 is 1.60 bits per heavy atom. The van der Waals surface area contributed by atoms with Crippen LogP contribution < -0.4 is 5.32 Å². The molecule has 0 bridgehead atoms. The Morgan fingerprint density at radius 3 is 3.00 bits per heavy atom. The van der Waals surface area contributed by atoms with E-state index in [1.54, 1.807) is 6.07 Å². The summed E-state index contributed by atoms with van der Waals surface area (Å²) in [5, 5.41) is 15.0. The van der Waals surface area contributed by atoms with Gasteiger partial charge in [0.25, 0.3) is 0 Å². The molecule has 7 heteroatoms. The molecule has 0 radical (unpaired) electrons. The molecule has 110 valence electrons. The number of nitrogens with zero attached hydrogens (tertiary/aromatic N) is 2. The molecular formula is C13H19N3O3S. The number of nitrogens with one attached hydrogen (secondary N) is 1. The van der Waals surface area contributed by atoms with Gasteiger partial charge in [-0.1, -0.05) is 18.7 Å². The van der Waals surface area contributed by atoms with Crippen LogP contribution in [0.15, 0.2) is 17.2 Å². The zero-order valence-electron chi connectivity index (χ0n) is 11.7.